The molecule has 1 amide bonds. The van der Waals surface area contributed by atoms with Crippen molar-refractivity contribution in [3.63, 3.8) is 0 Å². The van der Waals surface area contributed by atoms with Crippen LogP contribution in [0.5, 0.6) is 5.88 Å². The van der Waals surface area contributed by atoms with Crippen LogP contribution in [0, 0.1) is 0 Å². The van der Waals surface area contributed by atoms with E-state index in [2.05, 4.69) is 19.9 Å². The van der Waals surface area contributed by atoms with Crippen LogP contribution in [0.2, 0.25) is 0 Å². The number of hydrogen-bond acceptors (Lipinski definition) is 10. The fraction of sp³-hybridized carbons (Fsp3) is 0.526. The molecule has 30 heavy (non-hydrogen) atoms. The van der Waals surface area contributed by atoms with Gasteiger partial charge in [-0.25, -0.2) is 9.97 Å². The number of nitrogen functional groups attached to an aromatic ring is 2. The minimum absolute atomic E-state index is 0.0486. The Balaban J connectivity index is 1.65. The second kappa shape index (κ2) is 8.66. The van der Waals surface area contributed by atoms with Crippen LogP contribution in [0.1, 0.15) is 19.8 Å². The first-order valence-corrected chi connectivity index (χ1v) is 10.0. The zero-order valence-electron chi connectivity index (χ0n) is 17.0. The fourth-order valence-corrected chi connectivity index (χ4v) is 3.61. The van der Waals surface area contributed by atoms with Crippen molar-refractivity contribution in [1.82, 2.24) is 24.8 Å². The van der Waals surface area contributed by atoms with Crippen molar-refractivity contribution in [1.29, 1.82) is 0 Å². The summed E-state index contributed by atoms with van der Waals surface area (Å²) in [5.74, 6) is 1.34. The van der Waals surface area contributed by atoms with Gasteiger partial charge in [-0.3, -0.25) is 4.79 Å². The number of ether oxygens (including phenoxy) is 2. The predicted octanol–water partition coefficient (Wildman–Crippen LogP) is 0.324. The van der Waals surface area contributed by atoms with Gasteiger partial charge in [0.05, 0.1) is 31.0 Å². The van der Waals surface area contributed by atoms with Crippen molar-refractivity contribution in [2.45, 2.75) is 25.9 Å². The lowest BCUT2D eigenvalue weighted by Gasteiger charge is -2.32. The Morgan fingerprint density at radius 2 is 2.00 bits per heavy atom. The van der Waals surface area contributed by atoms with E-state index in [1.54, 1.807) is 24.1 Å². The van der Waals surface area contributed by atoms with E-state index < -0.39 is 0 Å². The van der Waals surface area contributed by atoms with Crippen LogP contribution in [-0.2, 0) is 9.53 Å². The Kier molecular flexibility index (Phi) is 5.79. The smallest absolute Gasteiger partial charge is 0.229 e. The maximum absolute atomic E-state index is 11.7. The van der Waals surface area contributed by atoms with Gasteiger partial charge in [-0.1, -0.05) is 0 Å². The molecule has 4 heterocycles. The number of carbonyl (C=O) groups excluding carboxylic acids is 1. The summed E-state index contributed by atoms with van der Waals surface area (Å²) in [6.45, 7) is 5.43. The number of nitrogens with two attached hydrogens (primary N) is 2. The van der Waals surface area contributed by atoms with E-state index in [0.29, 0.717) is 55.9 Å². The summed E-state index contributed by atoms with van der Waals surface area (Å²) in [6.07, 6.45) is 3.15. The number of morpholine rings is 1. The van der Waals surface area contributed by atoms with Gasteiger partial charge in [0.25, 0.3) is 0 Å². The Hall–Kier alpha value is -3.21. The van der Waals surface area contributed by atoms with E-state index in [-0.39, 0.29) is 23.8 Å². The number of amides is 1. The van der Waals surface area contributed by atoms with Gasteiger partial charge in [0, 0.05) is 38.8 Å². The zero-order valence-corrected chi connectivity index (χ0v) is 17.0. The molecule has 0 aliphatic carbocycles. The summed E-state index contributed by atoms with van der Waals surface area (Å²) < 4.78 is 11.6. The molecule has 0 spiro atoms. The van der Waals surface area contributed by atoms with Crippen LogP contribution >= 0.6 is 0 Å². The summed E-state index contributed by atoms with van der Waals surface area (Å²) in [7, 11) is 0. The van der Waals surface area contributed by atoms with E-state index in [9.17, 15) is 4.79 Å². The second-order valence-corrected chi connectivity index (χ2v) is 7.37. The minimum Gasteiger partial charge on any atom is -0.472 e. The quantitative estimate of drug-likeness (QED) is 0.717. The molecule has 1 atom stereocenters. The van der Waals surface area contributed by atoms with Gasteiger partial charge in [-0.2, -0.15) is 9.97 Å². The third-order valence-corrected chi connectivity index (χ3v) is 5.21. The van der Waals surface area contributed by atoms with Crippen LogP contribution < -0.4 is 21.1 Å². The van der Waals surface area contributed by atoms with E-state index in [0.717, 1.165) is 19.4 Å². The normalized spacial score (nSPS) is 19.6. The molecule has 0 bridgehead atoms. The molecule has 2 fully saturated rings. The van der Waals surface area contributed by atoms with E-state index >= 15 is 0 Å². The lowest BCUT2D eigenvalue weighted by Crippen LogP contribution is -2.43. The first-order chi connectivity index (χ1) is 14.5. The molecule has 11 nitrogen and oxygen atoms in total. The molecular formula is C19H26N8O3. The number of likely N-dealkylation sites (tertiary alicyclic amines) is 1. The number of piperidine rings is 1. The van der Waals surface area contributed by atoms with E-state index in [4.69, 9.17) is 20.9 Å². The number of aromatic nitrogens is 4. The lowest BCUT2D eigenvalue weighted by atomic mass is 10.1. The Morgan fingerprint density at radius 3 is 2.73 bits per heavy atom. The third-order valence-electron chi connectivity index (χ3n) is 5.21. The monoisotopic (exact) mass is 414 g/mol. The number of carbonyl (C=O) groups is 1. The van der Waals surface area contributed by atoms with Crippen LogP contribution in [0.15, 0.2) is 12.3 Å². The Labute approximate surface area is 174 Å². The topological polar surface area (TPSA) is 146 Å². The van der Waals surface area contributed by atoms with Gasteiger partial charge in [0.2, 0.25) is 23.7 Å². The molecule has 2 saturated heterocycles. The van der Waals surface area contributed by atoms with Gasteiger partial charge in [-0.15, -0.1) is 0 Å². The lowest BCUT2D eigenvalue weighted by molar-refractivity contribution is -0.131. The number of anilines is 3. The summed E-state index contributed by atoms with van der Waals surface area (Å²) in [5, 5.41) is 0. The summed E-state index contributed by atoms with van der Waals surface area (Å²) in [6, 6.07) is 1.72. The average molecular weight is 414 g/mol. The maximum Gasteiger partial charge on any atom is 0.229 e. The number of nitrogens with zero attached hydrogens (tertiary/aromatic N) is 6. The van der Waals surface area contributed by atoms with Gasteiger partial charge in [-0.05, 0) is 12.8 Å². The van der Waals surface area contributed by atoms with Crippen molar-refractivity contribution in [2.75, 3.05) is 55.8 Å². The Morgan fingerprint density at radius 1 is 1.20 bits per heavy atom. The van der Waals surface area contributed by atoms with Crippen LogP contribution in [0.25, 0.3) is 11.3 Å². The first-order valence-electron chi connectivity index (χ1n) is 10.0. The SMILES string of the molecule is CC(=O)N1CCC[C@H](Oc2cc(-c3cnc(N)nc3N)nc(N3CCOCC3)n2)C1. The molecule has 2 aromatic heterocycles. The predicted molar refractivity (Wildman–Crippen MR) is 111 cm³/mol. The van der Waals surface area contributed by atoms with Gasteiger partial charge in [0.1, 0.15) is 11.9 Å². The molecule has 2 aromatic rings. The van der Waals surface area contributed by atoms with Crippen molar-refractivity contribution in [3.8, 4) is 17.1 Å². The van der Waals surface area contributed by atoms with Crippen molar-refractivity contribution in [2.24, 2.45) is 0 Å². The van der Waals surface area contributed by atoms with Gasteiger partial charge in [0.15, 0.2) is 0 Å². The van der Waals surface area contributed by atoms with Crippen LogP contribution in [0.3, 0.4) is 0 Å². The highest BCUT2D eigenvalue weighted by Gasteiger charge is 2.25. The average Bonchev–Trinajstić information content (AvgIpc) is 2.74. The third kappa shape index (κ3) is 4.51. The number of hydrogen-bond donors (Lipinski definition) is 2. The van der Waals surface area contributed by atoms with Crippen LogP contribution in [-0.4, -0.2) is 76.2 Å². The van der Waals surface area contributed by atoms with Crippen molar-refractivity contribution >= 4 is 23.6 Å². The molecule has 11 heteroatoms. The summed E-state index contributed by atoms with van der Waals surface area (Å²) >= 11 is 0. The van der Waals surface area contributed by atoms with Crippen molar-refractivity contribution < 1.29 is 14.3 Å². The second-order valence-electron chi connectivity index (χ2n) is 7.37. The first kappa shape index (κ1) is 20.1. The van der Waals surface area contributed by atoms with Crippen molar-refractivity contribution in [3.05, 3.63) is 12.3 Å². The molecule has 0 unspecified atom stereocenters. The van der Waals surface area contributed by atoms with Gasteiger partial charge >= 0.3 is 0 Å². The minimum atomic E-state index is -0.136. The standard InChI is InChI=1S/C19H26N8O3/c1-12(28)27-4-2-3-13(11-27)30-16-9-15(14-10-22-18(21)25-17(14)20)23-19(24-16)26-5-7-29-8-6-26/h9-10,13H,2-8,11H2,1H3,(H4,20,21,22,25)/t13-/m0/s1. The highest BCUT2D eigenvalue weighted by atomic mass is 16.5. The fourth-order valence-electron chi connectivity index (χ4n) is 3.61. The highest BCUT2D eigenvalue weighted by Crippen LogP contribution is 2.29. The molecule has 4 rings (SSSR count). The molecule has 160 valence electrons. The molecule has 0 aromatic carbocycles. The molecule has 0 saturated carbocycles. The van der Waals surface area contributed by atoms with E-state index in [1.807, 2.05) is 4.90 Å². The molecule has 0 radical (unpaired) electrons. The molecular weight excluding hydrogens is 388 g/mol. The summed E-state index contributed by atoms with van der Waals surface area (Å²) in [5.41, 5.74) is 12.8. The maximum atomic E-state index is 11.7. The molecule has 4 N–H and O–H groups in total. The largest absolute Gasteiger partial charge is 0.472 e. The van der Waals surface area contributed by atoms with Crippen LogP contribution in [0.4, 0.5) is 17.7 Å². The Bertz CT molecular complexity index is 919. The summed E-state index contributed by atoms with van der Waals surface area (Å²) in [4.78, 5) is 32.9. The molecule has 2 aliphatic rings. The highest BCUT2D eigenvalue weighted by molar-refractivity contribution is 5.73. The van der Waals surface area contributed by atoms with Gasteiger partial charge < -0.3 is 30.7 Å². The molecule has 2 aliphatic heterocycles. The number of rotatable bonds is 4. The zero-order chi connectivity index (χ0) is 21.1. The van der Waals surface area contributed by atoms with E-state index in [1.165, 1.54) is 0 Å².